The Balaban J connectivity index is 1.84. The third-order valence-corrected chi connectivity index (χ3v) is 4.91. The van der Waals surface area contributed by atoms with Gasteiger partial charge in [0.25, 0.3) is 5.56 Å². The van der Waals surface area contributed by atoms with E-state index < -0.39 is 0 Å². The molecule has 0 aliphatic rings. The summed E-state index contributed by atoms with van der Waals surface area (Å²) in [6, 6.07) is 10.9. The normalized spacial score (nSPS) is 10.7. The summed E-state index contributed by atoms with van der Waals surface area (Å²) in [6.45, 7) is 4.76. The molecule has 8 heteroatoms. The quantitative estimate of drug-likeness (QED) is 0.549. The molecular formula is C23H28N4O4. The first-order valence-corrected chi connectivity index (χ1v) is 10.3. The summed E-state index contributed by atoms with van der Waals surface area (Å²) in [5.41, 5.74) is 2.17. The third kappa shape index (κ3) is 5.75. The van der Waals surface area contributed by atoms with Crippen molar-refractivity contribution in [2.45, 2.75) is 39.8 Å². The second-order valence-electron chi connectivity index (χ2n) is 7.09. The number of aryl methyl sites for hydroxylation is 1. The van der Waals surface area contributed by atoms with E-state index in [9.17, 15) is 9.59 Å². The summed E-state index contributed by atoms with van der Waals surface area (Å²) in [5, 5.41) is 2.79. The van der Waals surface area contributed by atoms with Crippen LogP contribution in [0.2, 0.25) is 0 Å². The first kappa shape index (κ1) is 22.1. The Bertz CT molecular complexity index is 1040. The van der Waals surface area contributed by atoms with Crippen LogP contribution in [-0.2, 0) is 25.9 Å². The van der Waals surface area contributed by atoms with Crippen LogP contribution in [0.25, 0.3) is 0 Å². The molecule has 0 radical (unpaired) electrons. The van der Waals surface area contributed by atoms with E-state index in [1.807, 2.05) is 38.1 Å². The van der Waals surface area contributed by atoms with Crippen LogP contribution in [0.5, 0.6) is 5.75 Å². The molecule has 31 heavy (non-hydrogen) atoms. The van der Waals surface area contributed by atoms with Gasteiger partial charge in [0.05, 0.1) is 32.2 Å². The predicted octanol–water partition coefficient (Wildman–Crippen LogP) is 3.26. The number of aromatic amines is 1. The fraction of sp³-hybridized carbons (Fsp3) is 0.348. The maximum absolute atomic E-state index is 12.9. The molecule has 2 amide bonds. The highest BCUT2D eigenvalue weighted by Gasteiger charge is 2.18. The maximum atomic E-state index is 12.9. The van der Waals surface area contributed by atoms with Gasteiger partial charge in [-0.05, 0) is 43.2 Å². The summed E-state index contributed by atoms with van der Waals surface area (Å²) in [7, 11) is 1.62. The van der Waals surface area contributed by atoms with E-state index in [0.717, 1.165) is 17.0 Å². The van der Waals surface area contributed by atoms with Crippen LogP contribution in [0.1, 0.15) is 42.3 Å². The Hall–Kier alpha value is -3.55. The number of benzene rings is 1. The molecule has 0 fully saturated rings. The minimum Gasteiger partial charge on any atom is -0.497 e. The zero-order chi connectivity index (χ0) is 22.2. The lowest BCUT2D eigenvalue weighted by atomic mass is 10.0. The number of carbonyl (C=O) groups excluding carboxylic acids is 1. The summed E-state index contributed by atoms with van der Waals surface area (Å²) in [4.78, 5) is 34.5. The van der Waals surface area contributed by atoms with Crippen molar-refractivity contribution in [2.24, 2.45) is 0 Å². The highest BCUT2D eigenvalue weighted by molar-refractivity contribution is 5.73. The standard InChI is InChI=1S/C23H28N4O4/c1-4-20-19(13-16-8-10-17(30-3)11-9-16)22(28)26-21(25-20)15-27(23(29)24-5-2)14-18-7-6-12-31-18/h6-12H,4-5,13-15H2,1-3H3,(H,24,29)(H,25,26,28). The second kappa shape index (κ2) is 10.5. The monoisotopic (exact) mass is 424 g/mol. The van der Waals surface area contributed by atoms with Gasteiger partial charge in [-0.25, -0.2) is 9.78 Å². The Kier molecular flexibility index (Phi) is 7.48. The minimum atomic E-state index is -0.248. The number of carbonyl (C=O) groups is 1. The summed E-state index contributed by atoms with van der Waals surface area (Å²) in [6.07, 6.45) is 2.65. The van der Waals surface area contributed by atoms with E-state index in [4.69, 9.17) is 9.15 Å². The van der Waals surface area contributed by atoms with Crippen molar-refractivity contribution in [3.05, 3.63) is 81.4 Å². The van der Waals surface area contributed by atoms with Crippen LogP contribution in [0.15, 0.2) is 51.9 Å². The van der Waals surface area contributed by atoms with Crippen molar-refractivity contribution in [3.8, 4) is 5.75 Å². The first-order chi connectivity index (χ1) is 15.0. The molecule has 0 aliphatic carbocycles. The number of H-pyrrole nitrogens is 1. The van der Waals surface area contributed by atoms with Gasteiger partial charge in [0, 0.05) is 18.5 Å². The van der Waals surface area contributed by atoms with Crippen molar-refractivity contribution >= 4 is 6.03 Å². The number of furan rings is 1. The number of urea groups is 1. The van der Waals surface area contributed by atoms with Crippen LogP contribution >= 0.6 is 0 Å². The van der Waals surface area contributed by atoms with Crippen molar-refractivity contribution in [2.75, 3.05) is 13.7 Å². The number of amides is 2. The van der Waals surface area contributed by atoms with Crippen LogP contribution < -0.4 is 15.6 Å². The third-order valence-electron chi connectivity index (χ3n) is 4.91. The van der Waals surface area contributed by atoms with Crippen molar-refractivity contribution in [3.63, 3.8) is 0 Å². The molecule has 164 valence electrons. The molecule has 8 nitrogen and oxygen atoms in total. The van der Waals surface area contributed by atoms with Gasteiger partial charge in [0.1, 0.15) is 17.3 Å². The summed E-state index contributed by atoms with van der Waals surface area (Å²) < 4.78 is 10.6. The Morgan fingerprint density at radius 3 is 2.58 bits per heavy atom. The Morgan fingerprint density at radius 2 is 1.97 bits per heavy atom. The smallest absolute Gasteiger partial charge is 0.318 e. The molecule has 3 aromatic rings. The van der Waals surface area contributed by atoms with Gasteiger partial charge in [-0.1, -0.05) is 19.1 Å². The predicted molar refractivity (Wildman–Crippen MR) is 117 cm³/mol. The van der Waals surface area contributed by atoms with Gasteiger partial charge in [-0.2, -0.15) is 0 Å². The zero-order valence-electron chi connectivity index (χ0n) is 18.1. The average Bonchev–Trinajstić information content (AvgIpc) is 3.28. The number of aromatic nitrogens is 2. The van der Waals surface area contributed by atoms with Crippen LogP contribution in [0.4, 0.5) is 4.79 Å². The maximum Gasteiger partial charge on any atom is 0.318 e. The average molecular weight is 425 g/mol. The molecule has 0 spiro atoms. The van der Waals surface area contributed by atoms with Gasteiger partial charge in [-0.3, -0.25) is 4.79 Å². The number of nitrogens with one attached hydrogen (secondary N) is 2. The van der Waals surface area contributed by atoms with E-state index in [1.165, 1.54) is 0 Å². The highest BCUT2D eigenvalue weighted by atomic mass is 16.5. The fourth-order valence-corrected chi connectivity index (χ4v) is 3.33. The van der Waals surface area contributed by atoms with Gasteiger partial charge in [-0.15, -0.1) is 0 Å². The number of ether oxygens (including phenoxy) is 1. The van der Waals surface area contributed by atoms with E-state index in [2.05, 4.69) is 15.3 Å². The molecule has 1 aromatic carbocycles. The molecule has 0 unspecified atom stereocenters. The van der Waals surface area contributed by atoms with Crippen molar-refractivity contribution < 1.29 is 13.9 Å². The van der Waals surface area contributed by atoms with Gasteiger partial charge in [0.2, 0.25) is 0 Å². The Labute approximate surface area is 181 Å². The number of hydrogen-bond donors (Lipinski definition) is 2. The highest BCUT2D eigenvalue weighted by Crippen LogP contribution is 2.16. The lowest BCUT2D eigenvalue weighted by Gasteiger charge is -2.22. The molecule has 0 atom stereocenters. The molecule has 2 aromatic heterocycles. The molecule has 0 saturated carbocycles. The molecule has 2 heterocycles. The topological polar surface area (TPSA) is 100 Å². The van der Waals surface area contributed by atoms with E-state index >= 15 is 0 Å². The van der Waals surface area contributed by atoms with Crippen LogP contribution in [-0.4, -0.2) is 34.6 Å². The molecule has 0 saturated heterocycles. The lowest BCUT2D eigenvalue weighted by Crippen LogP contribution is -2.39. The number of methoxy groups -OCH3 is 1. The zero-order valence-corrected chi connectivity index (χ0v) is 18.1. The van der Waals surface area contributed by atoms with E-state index in [1.54, 1.807) is 30.4 Å². The largest absolute Gasteiger partial charge is 0.497 e. The number of hydrogen-bond acceptors (Lipinski definition) is 5. The molecule has 2 N–H and O–H groups in total. The minimum absolute atomic E-state index is 0.164. The van der Waals surface area contributed by atoms with E-state index in [0.29, 0.717) is 36.5 Å². The SMILES string of the molecule is CCNC(=O)N(Cc1nc(CC)c(Cc2ccc(OC)cc2)c(=O)[nH]1)Cc1ccco1. The first-order valence-electron chi connectivity index (χ1n) is 10.3. The van der Waals surface area contributed by atoms with Gasteiger partial charge in [0.15, 0.2) is 0 Å². The fourth-order valence-electron chi connectivity index (χ4n) is 3.33. The second-order valence-corrected chi connectivity index (χ2v) is 7.09. The molecule has 0 aliphatic heterocycles. The lowest BCUT2D eigenvalue weighted by molar-refractivity contribution is 0.186. The number of rotatable bonds is 9. The van der Waals surface area contributed by atoms with Crippen molar-refractivity contribution in [1.82, 2.24) is 20.2 Å². The summed E-state index contributed by atoms with van der Waals surface area (Å²) in [5.74, 6) is 1.86. The summed E-state index contributed by atoms with van der Waals surface area (Å²) >= 11 is 0. The molecular weight excluding hydrogens is 396 g/mol. The molecule has 3 rings (SSSR count). The van der Waals surface area contributed by atoms with E-state index in [-0.39, 0.29) is 24.7 Å². The van der Waals surface area contributed by atoms with Crippen LogP contribution in [0.3, 0.4) is 0 Å². The Morgan fingerprint density at radius 1 is 1.19 bits per heavy atom. The van der Waals surface area contributed by atoms with Crippen molar-refractivity contribution in [1.29, 1.82) is 0 Å². The van der Waals surface area contributed by atoms with Crippen LogP contribution in [0, 0.1) is 0 Å². The van der Waals surface area contributed by atoms with Gasteiger partial charge >= 0.3 is 6.03 Å². The van der Waals surface area contributed by atoms with Gasteiger partial charge < -0.3 is 24.4 Å². The number of nitrogens with zero attached hydrogens (tertiary/aromatic N) is 2. The molecule has 0 bridgehead atoms.